The van der Waals surface area contributed by atoms with Crippen molar-refractivity contribution in [2.75, 3.05) is 0 Å². The fourth-order valence-corrected chi connectivity index (χ4v) is 1.72. The maximum Gasteiger partial charge on any atom is 0.238 e. The van der Waals surface area contributed by atoms with Crippen LogP contribution in [0.5, 0.6) is 0 Å². The topological polar surface area (TPSA) is 80.9 Å². The molecule has 0 atom stereocenters. The summed E-state index contributed by atoms with van der Waals surface area (Å²) in [6.45, 7) is 0. The normalized spacial score (nSPS) is 10.1. The first-order valence-corrected chi connectivity index (χ1v) is 6.04. The van der Waals surface area contributed by atoms with E-state index in [9.17, 15) is 4.79 Å². The molecule has 0 bridgehead atoms. The van der Waals surface area contributed by atoms with Gasteiger partial charge in [0.1, 0.15) is 0 Å². The number of nitrogens with one attached hydrogen (secondary N) is 1. The van der Waals surface area contributed by atoms with Gasteiger partial charge in [-0.05, 0) is 27.6 Å². The molecule has 1 heterocycles. The highest BCUT2D eigenvalue weighted by Crippen LogP contribution is 2.17. The van der Waals surface area contributed by atoms with Gasteiger partial charge in [-0.2, -0.15) is 0 Å². The summed E-state index contributed by atoms with van der Waals surface area (Å²) in [5, 5.41) is 0. The van der Waals surface area contributed by atoms with Crippen LogP contribution in [-0.2, 0) is 11.2 Å². The average Bonchev–Trinajstić information content (AvgIpc) is 2.40. The van der Waals surface area contributed by atoms with Crippen LogP contribution in [0.4, 0.5) is 0 Å². The Kier molecular flexibility index (Phi) is 4.01. The second-order valence-corrected chi connectivity index (χ2v) is 4.59. The zero-order valence-corrected chi connectivity index (χ0v) is 11.0. The Morgan fingerprint density at radius 1 is 1.33 bits per heavy atom. The molecule has 2 aromatic rings. The molecule has 0 spiro atoms. The van der Waals surface area contributed by atoms with Gasteiger partial charge in [0.05, 0.1) is 10.9 Å². The van der Waals surface area contributed by atoms with E-state index < -0.39 is 0 Å². The van der Waals surface area contributed by atoms with Crippen LogP contribution < -0.4 is 11.3 Å². The predicted octanol–water partition coefficient (Wildman–Crippen LogP) is 1.44. The predicted molar refractivity (Wildman–Crippen MR) is 71.2 cm³/mol. The summed E-state index contributed by atoms with van der Waals surface area (Å²) in [7, 11) is 0. The summed E-state index contributed by atoms with van der Waals surface area (Å²) in [6.07, 6.45) is 3.60. The molecule has 18 heavy (non-hydrogen) atoms. The van der Waals surface area contributed by atoms with Crippen LogP contribution in [0.2, 0.25) is 0 Å². The molecule has 2 rings (SSSR count). The Balaban J connectivity index is 2.26. The van der Waals surface area contributed by atoms with Gasteiger partial charge in [-0.1, -0.05) is 18.2 Å². The summed E-state index contributed by atoms with van der Waals surface area (Å²) in [6, 6.07) is 7.49. The van der Waals surface area contributed by atoms with Crippen molar-refractivity contribution in [3.05, 3.63) is 46.7 Å². The number of benzene rings is 1. The fourth-order valence-electron chi connectivity index (χ4n) is 1.52. The zero-order valence-electron chi connectivity index (χ0n) is 9.43. The lowest BCUT2D eigenvalue weighted by molar-refractivity contribution is -0.120. The number of nitrogens with two attached hydrogens (primary N) is 1. The van der Waals surface area contributed by atoms with Crippen LogP contribution in [0.15, 0.2) is 41.1 Å². The highest BCUT2D eigenvalue weighted by Gasteiger charge is 2.05. The number of hydrazine groups is 1. The maximum atomic E-state index is 11.2. The van der Waals surface area contributed by atoms with E-state index in [1.54, 1.807) is 12.4 Å². The molecular weight excluding hydrogens is 296 g/mol. The molecule has 1 amide bonds. The van der Waals surface area contributed by atoms with Crippen molar-refractivity contribution in [2.45, 2.75) is 6.42 Å². The van der Waals surface area contributed by atoms with Crippen LogP contribution in [0, 0.1) is 0 Å². The Labute approximate surface area is 113 Å². The third kappa shape index (κ3) is 3.12. The Hall–Kier alpha value is -1.79. The van der Waals surface area contributed by atoms with Gasteiger partial charge in [0.25, 0.3) is 0 Å². The van der Waals surface area contributed by atoms with Crippen LogP contribution in [0.3, 0.4) is 0 Å². The molecule has 5 nitrogen and oxygen atoms in total. The van der Waals surface area contributed by atoms with E-state index in [-0.39, 0.29) is 12.3 Å². The van der Waals surface area contributed by atoms with Crippen LogP contribution in [0.25, 0.3) is 11.4 Å². The molecule has 1 aromatic heterocycles. The number of rotatable bonds is 3. The molecule has 0 saturated heterocycles. The van der Waals surface area contributed by atoms with Crippen molar-refractivity contribution >= 4 is 21.8 Å². The zero-order chi connectivity index (χ0) is 13.0. The molecule has 0 aliphatic rings. The van der Waals surface area contributed by atoms with Crippen LogP contribution in [0.1, 0.15) is 5.56 Å². The van der Waals surface area contributed by atoms with Gasteiger partial charge in [-0.3, -0.25) is 10.2 Å². The third-order valence-electron chi connectivity index (χ3n) is 2.33. The first kappa shape index (κ1) is 12.7. The minimum atomic E-state index is -0.233. The SMILES string of the molecule is NNC(=O)Cc1cccc(-c2ncc(Br)cn2)c1. The number of hydrogen-bond donors (Lipinski definition) is 2. The second-order valence-electron chi connectivity index (χ2n) is 3.67. The lowest BCUT2D eigenvalue weighted by Gasteiger charge is -2.04. The smallest absolute Gasteiger partial charge is 0.238 e. The van der Waals surface area contributed by atoms with Crippen molar-refractivity contribution in [3.8, 4) is 11.4 Å². The largest absolute Gasteiger partial charge is 0.294 e. The quantitative estimate of drug-likeness (QED) is 0.511. The highest BCUT2D eigenvalue weighted by atomic mass is 79.9. The molecule has 92 valence electrons. The number of nitrogens with zero attached hydrogens (tertiary/aromatic N) is 2. The van der Waals surface area contributed by atoms with Crippen molar-refractivity contribution in [2.24, 2.45) is 5.84 Å². The van der Waals surface area contributed by atoms with E-state index in [0.29, 0.717) is 5.82 Å². The van der Waals surface area contributed by atoms with E-state index in [4.69, 9.17) is 5.84 Å². The number of carbonyl (C=O) groups is 1. The van der Waals surface area contributed by atoms with Gasteiger partial charge in [-0.15, -0.1) is 0 Å². The summed E-state index contributed by atoms with van der Waals surface area (Å²) in [5.74, 6) is 5.44. The van der Waals surface area contributed by atoms with Gasteiger partial charge in [0.15, 0.2) is 5.82 Å². The van der Waals surface area contributed by atoms with Crippen molar-refractivity contribution in [1.29, 1.82) is 0 Å². The first-order chi connectivity index (χ1) is 8.69. The summed E-state index contributed by atoms with van der Waals surface area (Å²) in [5.41, 5.74) is 3.83. The van der Waals surface area contributed by atoms with E-state index in [1.165, 1.54) is 0 Å². The van der Waals surface area contributed by atoms with Crippen molar-refractivity contribution in [1.82, 2.24) is 15.4 Å². The lowest BCUT2D eigenvalue weighted by atomic mass is 10.1. The Bertz CT molecular complexity index is 556. The molecule has 0 unspecified atom stereocenters. The van der Waals surface area contributed by atoms with E-state index >= 15 is 0 Å². The number of amides is 1. The molecule has 0 aliphatic carbocycles. The highest BCUT2D eigenvalue weighted by molar-refractivity contribution is 9.10. The van der Waals surface area contributed by atoms with Gasteiger partial charge >= 0.3 is 0 Å². The molecular formula is C12H11BrN4O. The molecule has 6 heteroatoms. The second kappa shape index (κ2) is 5.70. The maximum absolute atomic E-state index is 11.2. The fraction of sp³-hybridized carbons (Fsp3) is 0.0833. The van der Waals surface area contributed by atoms with E-state index in [2.05, 4.69) is 31.3 Å². The Morgan fingerprint density at radius 2 is 2.06 bits per heavy atom. The number of aromatic nitrogens is 2. The first-order valence-electron chi connectivity index (χ1n) is 5.25. The minimum absolute atomic E-state index is 0.233. The molecule has 0 fully saturated rings. The standard InChI is InChI=1S/C12H11BrN4O/c13-10-6-15-12(16-7-10)9-3-1-2-8(4-9)5-11(18)17-14/h1-4,6-7H,5,14H2,(H,17,18). The molecule has 1 aromatic carbocycles. The van der Waals surface area contributed by atoms with E-state index in [0.717, 1.165) is 15.6 Å². The molecule has 0 radical (unpaired) electrons. The van der Waals surface area contributed by atoms with Crippen molar-refractivity contribution in [3.63, 3.8) is 0 Å². The van der Waals surface area contributed by atoms with Gasteiger partial charge in [-0.25, -0.2) is 15.8 Å². The van der Waals surface area contributed by atoms with E-state index in [1.807, 2.05) is 24.3 Å². The summed E-state index contributed by atoms with van der Waals surface area (Å²) >= 11 is 3.28. The average molecular weight is 307 g/mol. The lowest BCUT2D eigenvalue weighted by Crippen LogP contribution is -2.31. The number of halogens is 1. The Morgan fingerprint density at radius 3 is 2.72 bits per heavy atom. The number of carbonyl (C=O) groups excluding carboxylic acids is 1. The molecule has 3 N–H and O–H groups in total. The van der Waals surface area contributed by atoms with Crippen LogP contribution in [-0.4, -0.2) is 15.9 Å². The molecule has 0 aliphatic heterocycles. The minimum Gasteiger partial charge on any atom is -0.294 e. The van der Waals surface area contributed by atoms with Gasteiger partial charge in [0.2, 0.25) is 5.91 Å². The summed E-state index contributed by atoms with van der Waals surface area (Å²) < 4.78 is 0.824. The monoisotopic (exact) mass is 306 g/mol. The third-order valence-corrected chi connectivity index (χ3v) is 2.74. The van der Waals surface area contributed by atoms with Gasteiger partial charge in [0, 0.05) is 18.0 Å². The van der Waals surface area contributed by atoms with Gasteiger partial charge < -0.3 is 0 Å². The van der Waals surface area contributed by atoms with Crippen LogP contribution >= 0.6 is 15.9 Å². The van der Waals surface area contributed by atoms with Crippen molar-refractivity contribution < 1.29 is 4.79 Å². The molecule has 0 saturated carbocycles. The summed E-state index contributed by atoms with van der Waals surface area (Å²) in [4.78, 5) is 19.6. The number of hydrogen-bond acceptors (Lipinski definition) is 4.